The second-order valence-electron chi connectivity index (χ2n) is 4.91. The number of carboxylic acid groups (broad SMARTS) is 1. The molecule has 0 bridgehead atoms. The number of amides is 1. The number of aliphatic carboxylic acids is 1. The summed E-state index contributed by atoms with van der Waals surface area (Å²) in [5.41, 5.74) is 1.20. The number of hydrogen-bond acceptors (Lipinski definition) is 4. The lowest BCUT2D eigenvalue weighted by Crippen LogP contribution is -2.46. The van der Waals surface area contributed by atoms with Crippen LogP contribution in [0.25, 0.3) is 0 Å². The van der Waals surface area contributed by atoms with Gasteiger partial charge in [-0.05, 0) is 5.56 Å². The summed E-state index contributed by atoms with van der Waals surface area (Å²) in [6, 6.07) is 10.0. The highest BCUT2D eigenvalue weighted by molar-refractivity contribution is 7.99. The molecule has 21 heavy (non-hydrogen) atoms. The highest BCUT2D eigenvalue weighted by Gasteiger charge is 2.25. The van der Waals surface area contributed by atoms with Crippen molar-refractivity contribution in [3.05, 3.63) is 35.9 Å². The Morgan fingerprint density at radius 3 is 2.81 bits per heavy atom. The molecule has 0 aromatic heterocycles. The first-order chi connectivity index (χ1) is 10.1. The number of carboxylic acids is 1. The third kappa shape index (κ3) is 5.40. The van der Waals surface area contributed by atoms with Gasteiger partial charge in [0, 0.05) is 18.8 Å². The fourth-order valence-corrected chi connectivity index (χ4v) is 3.07. The minimum absolute atomic E-state index is 0.0506. The van der Waals surface area contributed by atoms with Crippen molar-refractivity contribution in [3.8, 4) is 0 Å². The Kier molecular flexibility index (Phi) is 6.07. The lowest BCUT2D eigenvalue weighted by atomic mass is 10.2. The van der Waals surface area contributed by atoms with E-state index in [0.29, 0.717) is 25.4 Å². The van der Waals surface area contributed by atoms with Crippen LogP contribution in [0.2, 0.25) is 0 Å². The zero-order valence-electron chi connectivity index (χ0n) is 11.7. The molecule has 0 saturated carbocycles. The quantitative estimate of drug-likeness (QED) is 0.865. The van der Waals surface area contributed by atoms with Crippen LogP contribution in [-0.2, 0) is 20.1 Å². The number of carbonyl (C=O) groups is 2. The minimum atomic E-state index is -0.896. The van der Waals surface area contributed by atoms with Gasteiger partial charge in [0.1, 0.15) is 0 Å². The standard InChI is InChI=1S/C15H19NO4S/c17-14(11-21-10-12-4-2-1-3-5-12)16-6-7-20-13(9-16)8-15(18)19/h1-5,13H,6-11H2,(H,18,19). The summed E-state index contributed by atoms with van der Waals surface area (Å²) in [5.74, 6) is 0.367. The Hall–Kier alpha value is -1.53. The maximum absolute atomic E-state index is 12.1. The molecular formula is C15H19NO4S. The Labute approximate surface area is 128 Å². The molecule has 1 aliphatic rings. The van der Waals surface area contributed by atoms with Gasteiger partial charge >= 0.3 is 5.97 Å². The van der Waals surface area contributed by atoms with Gasteiger partial charge in [-0.3, -0.25) is 9.59 Å². The number of hydrogen-bond donors (Lipinski definition) is 1. The van der Waals surface area contributed by atoms with Gasteiger partial charge in [-0.25, -0.2) is 0 Å². The van der Waals surface area contributed by atoms with E-state index in [2.05, 4.69) is 0 Å². The zero-order valence-corrected chi connectivity index (χ0v) is 12.6. The molecule has 5 nitrogen and oxygen atoms in total. The number of morpholine rings is 1. The predicted molar refractivity (Wildman–Crippen MR) is 81.2 cm³/mol. The van der Waals surface area contributed by atoms with Crippen LogP contribution in [0.1, 0.15) is 12.0 Å². The van der Waals surface area contributed by atoms with Crippen LogP contribution < -0.4 is 0 Å². The monoisotopic (exact) mass is 309 g/mol. The normalized spacial score (nSPS) is 18.5. The van der Waals surface area contributed by atoms with Crippen LogP contribution in [0.3, 0.4) is 0 Å². The van der Waals surface area contributed by atoms with Crippen molar-refractivity contribution < 1.29 is 19.4 Å². The van der Waals surface area contributed by atoms with E-state index < -0.39 is 5.97 Å². The molecule has 1 saturated heterocycles. The fourth-order valence-electron chi connectivity index (χ4n) is 2.19. The molecule has 1 aliphatic heterocycles. The summed E-state index contributed by atoms with van der Waals surface area (Å²) in [5, 5.41) is 8.77. The molecule has 1 heterocycles. The molecule has 6 heteroatoms. The number of ether oxygens (including phenoxy) is 1. The maximum Gasteiger partial charge on any atom is 0.306 e. The number of rotatable bonds is 6. The first-order valence-corrected chi connectivity index (χ1v) is 8.03. The summed E-state index contributed by atoms with van der Waals surface area (Å²) in [6.45, 7) is 1.32. The third-order valence-electron chi connectivity index (χ3n) is 3.23. The van der Waals surface area contributed by atoms with Crippen molar-refractivity contribution in [2.24, 2.45) is 0 Å². The van der Waals surface area contributed by atoms with Gasteiger partial charge in [0.05, 0.1) is 24.9 Å². The SMILES string of the molecule is O=C(O)CC1CN(C(=O)CSCc2ccccc2)CCO1. The van der Waals surface area contributed by atoms with Crippen LogP contribution in [0.4, 0.5) is 0 Å². The van der Waals surface area contributed by atoms with E-state index >= 15 is 0 Å². The Morgan fingerprint density at radius 2 is 2.10 bits per heavy atom. The van der Waals surface area contributed by atoms with Crippen LogP contribution in [-0.4, -0.2) is 53.4 Å². The number of carbonyl (C=O) groups excluding carboxylic acids is 1. The van der Waals surface area contributed by atoms with Crippen molar-refractivity contribution in [2.75, 3.05) is 25.4 Å². The van der Waals surface area contributed by atoms with Crippen molar-refractivity contribution >= 4 is 23.6 Å². The van der Waals surface area contributed by atoms with E-state index in [-0.39, 0.29) is 18.4 Å². The van der Waals surface area contributed by atoms with E-state index in [1.54, 1.807) is 16.7 Å². The van der Waals surface area contributed by atoms with E-state index in [1.165, 1.54) is 5.56 Å². The van der Waals surface area contributed by atoms with Crippen LogP contribution >= 0.6 is 11.8 Å². The zero-order chi connectivity index (χ0) is 15.1. The van der Waals surface area contributed by atoms with Crippen molar-refractivity contribution in [1.82, 2.24) is 4.90 Å². The van der Waals surface area contributed by atoms with Crippen molar-refractivity contribution in [1.29, 1.82) is 0 Å². The molecule has 0 spiro atoms. The van der Waals surface area contributed by atoms with E-state index in [0.717, 1.165) is 5.75 Å². The molecule has 1 unspecified atom stereocenters. The molecular weight excluding hydrogens is 290 g/mol. The average Bonchev–Trinajstić information content (AvgIpc) is 2.48. The number of thioether (sulfide) groups is 1. The highest BCUT2D eigenvalue weighted by atomic mass is 32.2. The second kappa shape index (κ2) is 8.05. The van der Waals surface area contributed by atoms with Gasteiger partial charge in [0.25, 0.3) is 0 Å². The lowest BCUT2D eigenvalue weighted by molar-refractivity contribution is -0.146. The first kappa shape index (κ1) is 15.9. The average molecular weight is 309 g/mol. The van der Waals surface area contributed by atoms with E-state index in [4.69, 9.17) is 9.84 Å². The number of benzene rings is 1. The second-order valence-corrected chi connectivity index (χ2v) is 5.89. The summed E-state index contributed by atoms with van der Waals surface area (Å²) in [4.78, 5) is 24.5. The van der Waals surface area contributed by atoms with Crippen molar-refractivity contribution in [3.63, 3.8) is 0 Å². The molecule has 0 aliphatic carbocycles. The summed E-state index contributed by atoms with van der Waals surface area (Å²) < 4.78 is 5.36. The van der Waals surface area contributed by atoms with Crippen LogP contribution in [0.15, 0.2) is 30.3 Å². The Bertz CT molecular complexity index is 480. The van der Waals surface area contributed by atoms with Gasteiger partial charge in [-0.2, -0.15) is 0 Å². The third-order valence-corrected chi connectivity index (χ3v) is 4.22. The topological polar surface area (TPSA) is 66.8 Å². The van der Waals surface area contributed by atoms with Gasteiger partial charge in [0.15, 0.2) is 0 Å². The van der Waals surface area contributed by atoms with Crippen LogP contribution in [0, 0.1) is 0 Å². The van der Waals surface area contributed by atoms with Gasteiger partial charge in [-0.1, -0.05) is 30.3 Å². The molecule has 1 amide bonds. The molecule has 114 valence electrons. The smallest absolute Gasteiger partial charge is 0.306 e. The van der Waals surface area contributed by atoms with Gasteiger partial charge < -0.3 is 14.7 Å². The molecule has 0 radical (unpaired) electrons. The van der Waals surface area contributed by atoms with Crippen LogP contribution in [0.5, 0.6) is 0 Å². The molecule has 2 rings (SSSR count). The first-order valence-electron chi connectivity index (χ1n) is 6.88. The highest BCUT2D eigenvalue weighted by Crippen LogP contribution is 2.14. The van der Waals surface area contributed by atoms with E-state index in [1.807, 2.05) is 30.3 Å². The minimum Gasteiger partial charge on any atom is -0.481 e. The largest absolute Gasteiger partial charge is 0.481 e. The number of nitrogens with zero attached hydrogens (tertiary/aromatic N) is 1. The predicted octanol–water partition coefficient (Wildman–Crippen LogP) is 1.62. The molecule has 1 atom stereocenters. The molecule has 1 fully saturated rings. The molecule has 1 aromatic carbocycles. The lowest BCUT2D eigenvalue weighted by Gasteiger charge is -2.32. The Morgan fingerprint density at radius 1 is 1.33 bits per heavy atom. The maximum atomic E-state index is 12.1. The van der Waals surface area contributed by atoms with Crippen molar-refractivity contribution in [2.45, 2.75) is 18.3 Å². The molecule has 1 aromatic rings. The summed E-state index contributed by atoms with van der Waals surface area (Å²) in [7, 11) is 0. The van der Waals surface area contributed by atoms with Gasteiger partial charge in [0.2, 0.25) is 5.91 Å². The Balaban J connectivity index is 1.73. The van der Waals surface area contributed by atoms with E-state index in [9.17, 15) is 9.59 Å². The summed E-state index contributed by atoms with van der Waals surface area (Å²) >= 11 is 1.57. The fraction of sp³-hybridized carbons (Fsp3) is 0.467. The van der Waals surface area contributed by atoms with Gasteiger partial charge in [-0.15, -0.1) is 11.8 Å². The summed E-state index contributed by atoms with van der Waals surface area (Å²) in [6.07, 6.45) is -0.444. The molecule has 1 N–H and O–H groups in total.